The Kier molecular flexibility index (Phi) is 10.8. The number of fused-ring (bicyclic) bond motifs is 4. The Bertz CT molecular complexity index is 3880. The average molecular weight is 942 g/mol. The van der Waals surface area contributed by atoms with Crippen molar-refractivity contribution in [3.63, 3.8) is 0 Å². The number of aromatic hydroxyl groups is 1. The van der Waals surface area contributed by atoms with Gasteiger partial charge in [-0.15, -0.1) is 20.5 Å². The first-order valence-corrected chi connectivity index (χ1v) is 23.7. The zero-order valence-electron chi connectivity index (χ0n) is 31.9. The first-order chi connectivity index (χ1) is 30.1. The fraction of sp³-hybridized carbons (Fsp3) is 0. The number of phenols is 1. The molecule has 0 saturated heterocycles. The number of hydrogen-bond acceptors (Lipinski definition) is 16. The summed E-state index contributed by atoms with van der Waals surface area (Å²) in [6.07, 6.45) is 0. The lowest BCUT2D eigenvalue weighted by Crippen LogP contribution is -2.03. The van der Waals surface area contributed by atoms with Crippen LogP contribution >= 0.6 is 0 Å². The van der Waals surface area contributed by atoms with E-state index in [4.69, 9.17) is 5.73 Å². The van der Waals surface area contributed by atoms with Crippen LogP contribution in [-0.2, 0) is 40.5 Å². The molecule has 0 aliphatic heterocycles. The van der Waals surface area contributed by atoms with E-state index >= 15 is 0 Å². The van der Waals surface area contributed by atoms with Crippen LogP contribution in [0.4, 0.5) is 39.8 Å². The third-order valence-corrected chi connectivity index (χ3v) is 13.2. The van der Waals surface area contributed by atoms with Crippen LogP contribution in [0.2, 0.25) is 0 Å². The molecule has 20 nitrogen and oxygen atoms in total. The molecule has 7 N–H and O–H groups in total. The molecule has 0 unspecified atom stereocenters. The summed E-state index contributed by atoms with van der Waals surface area (Å²) in [7, 11) is -19.5. The number of nitrogen functional groups attached to an aromatic ring is 1. The maximum Gasteiger partial charge on any atom is 0.296 e. The fourth-order valence-electron chi connectivity index (χ4n) is 6.84. The largest absolute Gasteiger partial charge is 0.505 e. The maximum absolute atomic E-state index is 12.5. The molecule has 8 rings (SSSR count). The lowest BCUT2D eigenvalue weighted by molar-refractivity contribution is 0.472. The van der Waals surface area contributed by atoms with Crippen LogP contribution in [0.1, 0.15) is 0 Å². The van der Waals surface area contributed by atoms with Gasteiger partial charge in [-0.1, -0.05) is 42.5 Å². The predicted octanol–water partition coefficient (Wildman–Crippen LogP) is 9.82. The minimum atomic E-state index is -5.01. The summed E-state index contributed by atoms with van der Waals surface area (Å²) in [4.78, 5) is -2.63. The molecule has 0 heterocycles. The second kappa shape index (κ2) is 15.9. The Morgan fingerprint density at radius 1 is 0.391 bits per heavy atom. The van der Waals surface area contributed by atoms with Gasteiger partial charge in [0.05, 0.1) is 33.3 Å². The van der Waals surface area contributed by atoms with Gasteiger partial charge in [0.15, 0.2) is 5.75 Å². The normalized spacial score (nSPS) is 13.1. The zero-order valence-corrected chi connectivity index (χ0v) is 35.2. The summed E-state index contributed by atoms with van der Waals surface area (Å²) >= 11 is 0. The molecule has 0 fully saturated rings. The van der Waals surface area contributed by atoms with E-state index in [1.807, 2.05) is 0 Å². The van der Waals surface area contributed by atoms with Crippen molar-refractivity contribution in [3.8, 4) is 5.75 Å². The Labute approximate surface area is 361 Å². The van der Waals surface area contributed by atoms with Gasteiger partial charge in [0.1, 0.15) is 20.4 Å². The van der Waals surface area contributed by atoms with Crippen molar-refractivity contribution >= 4 is 123 Å². The molecule has 0 bridgehead atoms. The number of rotatable bonds is 10. The lowest BCUT2D eigenvalue weighted by atomic mass is 10.1. The highest BCUT2D eigenvalue weighted by Gasteiger charge is 2.24. The Morgan fingerprint density at radius 3 is 1.59 bits per heavy atom. The lowest BCUT2D eigenvalue weighted by Gasteiger charge is -2.10. The quantitative estimate of drug-likeness (QED) is 0.0422. The van der Waals surface area contributed by atoms with Crippen molar-refractivity contribution in [2.45, 2.75) is 19.6 Å². The molecule has 24 heteroatoms. The second-order valence-electron chi connectivity index (χ2n) is 13.8. The molecule has 8 aromatic rings. The maximum atomic E-state index is 12.5. The molecule has 8 aromatic carbocycles. The summed E-state index contributed by atoms with van der Waals surface area (Å²) in [5.74, 6) is -0.672. The number of anilines is 1. The van der Waals surface area contributed by atoms with Crippen molar-refractivity contribution in [2.75, 3.05) is 5.73 Å². The van der Waals surface area contributed by atoms with E-state index in [2.05, 4.69) is 30.7 Å². The molecule has 0 aliphatic rings. The van der Waals surface area contributed by atoms with Crippen molar-refractivity contribution in [2.24, 2.45) is 30.7 Å². The number of phenolic OH excluding ortho intramolecular Hbond substituents is 1. The summed E-state index contributed by atoms with van der Waals surface area (Å²) in [5.41, 5.74) is 5.72. The van der Waals surface area contributed by atoms with E-state index in [1.165, 1.54) is 66.7 Å². The fourth-order valence-corrected chi connectivity index (χ4v) is 9.43. The highest BCUT2D eigenvalue weighted by molar-refractivity contribution is 7.87. The van der Waals surface area contributed by atoms with Gasteiger partial charge in [0.25, 0.3) is 40.5 Å². The Balaban J connectivity index is 1.21. The zero-order chi connectivity index (χ0) is 45.9. The van der Waals surface area contributed by atoms with Gasteiger partial charge in [0, 0.05) is 38.0 Å². The van der Waals surface area contributed by atoms with Gasteiger partial charge >= 0.3 is 0 Å². The van der Waals surface area contributed by atoms with Gasteiger partial charge in [0.2, 0.25) is 0 Å². The topological polar surface area (TPSA) is 338 Å². The molecule has 0 aromatic heterocycles. The molecular formula is C40H27N7O13S4. The number of benzene rings is 8. The first kappa shape index (κ1) is 43.5. The number of nitrogens with zero attached hydrogens (tertiary/aromatic N) is 6. The molecular weight excluding hydrogens is 915 g/mol. The average Bonchev–Trinajstić information content (AvgIpc) is 3.22. The van der Waals surface area contributed by atoms with Crippen LogP contribution in [0.25, 0.3) is 43.1 Å². The molecule has 0 radical (unpaired) electrons. The van der Waals surface area contributed by atoms with E-state index in [9.17, 15) is 57.0 Å². The monoisotopic (exact) mass is 941 g/mol. The molecule has 0 amide bonds. The standard InChI is InChI=1S/C40H27N7O13S4/c41-23-9-11-27-22(14-23)16-38(64(58,59)60)39(40(27)48)47-46-35-18-24(15-21-8-10-26(20-31(21)35)61(49,50)51)42-44-33-12-13-34(29-5-2-1-4-28(29)33)45-43-25-17-32-30(37(19-25)63(55,56)57)6-3-7-36(32)62(52,53)54/h1-20,48H,41H2,(H,49,50,51)(H,52,53,54)(H,55,56,57)(H,58,59,60). The summed E-state index contributed by atoms with van der Waals surface area (Å²) in [5, 5.41) is 37.5. The van der Waals surface area contributed by atoms with E-state index in [1.54, 1.807) is 24.3 Å². The van der Waals surface area contributed by atoms with Crippen LogP contribution in [0.15, 0.2) is 172 Å². The summed E-state index contributed by atoms with van der Waals surface area (Å²) < 4.78 is 138. The number of azo groups is 3. The van der Waals surface area contributed by atoms with Gasteiger partial charge < -0.3 is 10.8 Å². The molecule has 324 valence electrons. The van der Waals surface area contributed by atoms with E-state index in [-0.39, 0.29) is 61.1 Å². The van der Waals surface area contributed by atoms with Gasteiger partial charge in [-0.05, 0) is 89.6 Å². The smallest absolute Gasteiger partial charge is 0.296 e. The highest BCUT2D eigenvalue weighted by Crippen LogP contribution is 2.44. The second-order valence-corrected chi connectivity index (χ2v) is 19.4. The Morgan fingerprint density at radius 2 is 0.984 bits per heavy atom. The summed E-state index contributed by atoms with van der Waals surface area (Å²) in [6, 6.07) is 27.0. The number of hydrogen-bond donors (Lipinski definition) is 6. The third-order valence-electron chi connectivity index (χ3n) is 9.68. The number of nitrogens with two attached hydrogens (primary N) is 1. The third kappa shape index (κ3) is 8.61. The van der Waals surface area contributed by atoms with Crippen LogP contribution in [0.3, 0.4) is 0 Å². The molecule has 0 atom stereocenters. The van der Waals surface area contributed by atoms with E-state index < -0.39 is 71.5 Å². The SMILES string of the molecule is Nc1ccc2c(O)c(N=Nc3cc(N=Nc4ccc(N=Nc5cc(S(=O)(=O)O)c6cccc(S(=O)(=O)O)c6c5)c5ccccc45)cc4ccc(S(=O)(=O)O)cc34)c(S(=O)(=O)O)cc2c1. The Hall–Kier alpha value is -7.16. The predicted molar refractivity (Wildman–Crippen MR) is 234 cm³/mol. The first-order valence-electron chi connectivity index (χ1n) is 17.9. The van der Waals surface area contributed by atoms with Crippen LogP contribution in [0, 0.1) is 0 Å². The van der Waals surface area contributed by atoms with Gasteiger partial charge in [-0.3, -0.25) is 18.2 Å². The van der Waals surface area contributed by atoms with Crippen molar-refractivity contribution in [1.29, 1.82) is 0 Å². The van der Waals surface area contributed by atoms with E-state index in [0.29, 0.717) is 16.2 Å². The summed E-state index contributed by atoms with van der Waals surface area (Å²) in [6.45, 7) is 0. The highest BCUT2D eigenvalue weighted by atomic mass is 32.2. The van der Waals surface area contributed by atoms with E-state index in [0.717, 1.165) is 30.3 Å². The van der Waals surface area contributed by atoms with Gasteiger partial charge in [-0.25, -0.2) is 0 Å². The molecule has 64 heavy (non-hydrogen) atoms. The minimum Gasteiger partial charge on any atom is -0.505 e. The molecule has 0 aliphatic carbocycles. The molecule has 0 saturated carbocycles. The minimum absolute atomic E-state index is 0.0868. The van der Waals surface area contributed by atoms with Crippen LogP contribution in [0.5, 0.6) is 5.75 Å². The van der Waals surface area contributed by atoms with Crippen LogP contribution < -0.4 is 5.73 Å². The van der Waals surface area contributed by atoms with Crippen LogP contribution in [-0.4, -0.2) is 57.0 Å². The van der Waals surface area contributed by atoms with Crippen molar-refractivity contribution in [1.82, 2.24) is 0 Å². The van der Waals surface area contributed by atoms with Gasteiger partial charge in [-0.2, -0.15) is 43.9 Å². The molecule has 0 spiro atoms. The van der Waals surface area contributed by atoms with Crippen molar-refractivity contribution < 1.29 is 57.0 Å². The van der Waals surface area contributed by atoms with Crippen molar-refractivity contribution in [3.05, 3.63) is 121 Å².